The molecule has 1 saturated heterocycles. The van der Waals surface area contributed by atoms with Crippen LogP contribution in [-0.4, -0.2) is 28.9 Å². The van der Waals surface area contributed by atoms with E-state index in [1.807, 2.05) is 23.2 Å². The summed E-state index contributed by atoms with van der Waals surface area (Å²) < 4.78 is 0. The summed E-state index contributed by atoms with van der Waals surface area (Å²) in [7, 11) is 0. The lowest BCUT2D eigenvalue weighted by molar-refractivity contribution is -0.131. The Hall–Kier alpha value is -1.25. The SMILES string of the molecule is CC1CCN(C(=O)Cc2ccc[nH]2)CC1. The first-order valence-corrected chi connectivity index (χ1v) is 5.66. The highest BCUT2D eigenvalue weighted by molar-refractivity contribution is 5.78. The maximum absolute atomic E-state index is 11.9. The van der Waals surface area contributed by atoms with Gasteiger partial charge in [-0.2, -0.15) is 0 Å². The highest BCUT2D eigenvalue weighted by Crippen LogP contribution is 2.16. The van der Waals surface area contributed by atoms with E-state index >= 15 is 0 Å². The number of aromatic amines is 1. The number of rotatable bonds is 2. The normalized spacial score (nSPS) is 18.1. The Bertz CT molecular complexity index is 310. The fraction of sp³-hybridized carbons (Fsp3) is 0.583. The van der Waals surface area contributed by atoms with E-state index in [2.05, 4.69) is 11.9 Å². The van der Waals surface area contributed by atoms with Gasteiger partial charge in [0.05, 0.1) is 6.42 Å². The van der Waals surface area contributed by atoms with Gasteiger partial charge in [0.25, 0.3) is 0 Å². The molecule has 0 unspecified atom stereocenters. The van der Waals surface area contributed by atoms with Crippen molar-refractivity contribution in [2.45, 2.75) is 26.2 Å². The van der Waals surface area contributed by atoms with E-state index < -0.39 is 0 Å². The maximum atomic E-state index is 11.9. The van der Waals surface area contributed by atoms with Crippen molar-refractivity contribution < 1.29 is 4.79 Å². The van der Waals surface area contributed by atoms with Gasteiger partial charge in [0.15, 0.2) is 0 Å². The first-order valence-electron chi connectivity index (χ1n) is 5.66. The number of hydrogen-bond donors (Lipinski definition) is 1. The third-order valence-electron chi connectivity index (χ3n) is 3.14. The molecular formula is C12H18N2O. The molecule has 1 aromatic heterocycles. The van der Waals surface area contributed by atoms with Crippen LogP contribution < -0.4 is 0 Å². The highest BCUT2D eigenvalue weighted by atomic mass is 16.2. The topological polar surface area (TPSA) is 36.1 Å². The van der Waals surface area contributed by atoms with Crippen LogP contribution in [0.5, 0.6) is 0 Å². The van der Waals surface area contributed by atoms with E-state index in [9.17, 15) is 4.79 Å². The number of hydrogen-bond acceptors (Lipinski definition) is 1. The zero-order chi connectivity index (χ0) is 10.7. The zero-order valence-corrected chi connectivity index (χ0v) is 9.20. The van der Waals surface area contributed by atoms with Gasteiger partial charge >= 0.3 is 0 Å². The Morgan fingerprint density at radius 2 is 2.27 bits per heavy atom. The maximum Gasteiger partial charge on any atom is 0.228 e. The molecule has 0 spiro atoms. The minimum atomic E-state index is 0.254. The highest BCUT2D eigenvalue weighted by Gasteiger charge is 2.20. The molecule has 1 amide bonds. The first-order chi connectivity index (χ1) is 7.25. The third kappa shape index (κ3) is 2.61. The number of carbonyl (C=O) groups is 1. The largest absolute Gasteiger partial charge is 0.365 e. The van der Waals surface area contributed by atoms with Gasteiger partial charge in [-0.05, 0) is 30.9 Å². The molecule has 2 heterocycles. The monoisotopic (exact) mass is 206 g/mol. The van der Waals surface area contributed by atoms with Gasteiger partial charge in [-0.25, -0.2) is 0 Å². The van der Waals surface area contributed by atoms with Crippen molar-refractivity contribution in [3.8, 4) is 0 Å². The molecule has 0 radical (unpaired) electrons. The van der Waals surface area contributed by atoms with Crippen LogP contribution in [0.1, 0.15) is 25.5 Å². The Morgan fingerprint density at radius 1 is 1.53 bits per heavy atom. The van der Waals surface area contributed by atoms with Gasteiger partial charge in [-0.1, -0.05) is 6.92 Å². The van der Waals surface area contributed by atoms with E-state index in [-0.39, 0.29) is 5.91 Å². The van der Waals surface area contributed by atoms with Crippen molar-refractivity contribution >= 4 is 5.91 Å². The number of amides is 1. The smallest absolute Gasteiger partial charge is 0.228 e. The van der Waals surface area contributed by atoms with Crippen molar-refractivity contribution in [3.63, 3.8) is 0 Å². The quantitative estimate of drug-likeness (QED) is 0.787. The van der Waals surface area contributed by atoms with E-state index in [4.69, 9.17) is 0 Å². The molecule has 0 bridgehead atoms. The fourth-order valence-electron chi connectivity index (χ4n) is 2.01. The van der Waals surface area contributed by atoms with E-state index in [1.165, 1.54) is 0 Å². The van der Waals surface area contributed by atoms with Crippen LogP contribution in [0, 0.1) is 5.92 Å². The number of nitrogens with one attached hydrogen (secondary N) is 1. The molecule has 0 atom stereocenters. The predicted octanol–water partition coefficient (Wildman–Crippen LogP) is 1.82. The summed E-state index contributed by atoms with van der Waals surface area (Å²) in [5.41, 5.74) is 1.01. The third-order valence-corrected chi connectivity index (χ3v) is 3.14. The predicted molar refractivity (Wildman–Crippen MR) is 59.5 cm³/mol. The minimum absolute atomic E-state index is 0.254. The number of nitrogens with zero attached hydrogens (tertiary/aromatic N) is 1. The molecule has 82 valence electrons. The van der Waals surface area contributed by atoms with E-state index in [0.29, 0.717) is 6.42 Å². The van der Waals surface area contributed by atoms with Crippen LogP contribution in [0.3, 0.4) is 0 Å². The summed E-state index contributed by atoms with van der Waals surface area (Å²) in [6.07, 6.45) is 4.68. The summed E-state index contributed by atoms with van der Waals surface area (Å²) in [5, 5.41) is 0. The molecular weight excluding hydrogens is 188 g/mol. The standard InChI is InChI=1S/C12H18N2O/c1-10-4-7-14(8-5-10)12(15)9-11-3-2-6-13-11/h2-3,6,10,13H,4-5,7-9H2,1H3. The number of piperidine rings is 1. The van der Waals surface area contributed by atoms with Crippen LogP contribution in [0.15, 0.2) is 18.3 Å². The van der Waals surface area contributed by atoms with E-state index in [1.54, 1.807) is 0 Å². The molecule has 3 nitrogen and oxygen atoms in total. The molecule has 1 aliphatic heterocycles. The lowest BCUT2D eigenvalue weighted by Gasteiger charge is -2.30. The van der Waals surface area contributed by atoms with Crippen molar-refractivity contribution in [2.75, 3.05) is 13.1 Å². The molecule has 0 aromatic carbocycles. The number of likely N-dealkylation sites (tertiary alicyclic amines) is 1. The molecule has 1 aliphatic rings. The lowest BCUT2D eigenvalue weighted by atomic mass is 9.99. The van der Waals surface area contributed by atoms with Gasteiger partial charge in [0, 0.05) is 25.0 Å². The molecule has 2 rings (SSSR count). The number of carbonyl (C=O) groups excluding carboxylic acids is 1. The van der Waals surface area contributed by atoms with Crippen LogP contribution >= 0.6 is 0 Å². The van der Waals surface area contributed by atoms with Gasteiger partial charge < -0.3 is 9.88 Å². The zero-order valence-electron chi connectivity index (χ0n) is 9.20. The number of aromatic nitrogens is 1. The molecule has 0 aliphatic carbocycles. The van der Waals surface area contributed by atoms with Crippen molar-refractivity contribution in [1.29, 1.82) is 0 Å². The van der Waals surface area contributed by atoms with Gasteiger partial charge in [0.2, 0.25) is 5.91 Å². The van der Waals surface area contributed by atoms with Crippen LogP contribution in [0.2, 0.25) is 0 Å². The second kappa shape index (κ2) is 4.51. The van der Waals surface area contributed by atoms with Gasteiger partial charge in [-0.15, -0.1) is 0 Å². The van der Waals surface area contributed by atoms with Crippen LogP contribution in [0.4, 0.5) is 0 Å². The molecule has 0 saturated carbocycles. The van der Waals surface area contributed by atoms with Gasteiger partial charge in [0.1, 0.15) is 0 Å². The summed E-state index contributed by atoms with van der Waals surface area (Å²) in [6.45, 7) is 4.12. The molecule has 1 N–H and O–H groups in total. The summed E-state index contributed by atoms with van der Waals surface area (Å²) >= 11 is 0. The minimum Gasteiger partial charge on any atom is -0.365 e. The lowest BCUT2D eigenvalue weighted by Crippen LogP contribution is -2.38. The Morgan fingerprint density at radius 3 is 2.87 bits per heavy atom. The van der Waals surface area contributed by atoms with Gasteiger partial charge in [-0.3, -0.25) is 4.79 Å². The molecule has 1 fully saturated rings. The summed E-state index contributed by atoms with van der Waals surface area (Å²) in [5.74, 6) is 1.03. The molecule has 3 heteroatoms. The molecule has 15 heavy (non-hydrogen) atoms. The second-order valence-corrected chi connectivity index (χ2v) is 4.44. The Kier molecular flexibility index (Phi) is 3.09. The number of H-pyrrole nitrogens is 1. The van der Waals surface area contributed by atoms with E-state index in [0.717, 1.165) is 37.5 Å². The van der Waals surface area contributed by atoms with Crippen molar-refractivity contribution in [1.82, 2.24) is 9.88 Å². The second-order valence-electron chi connectivity index (χ2n) is 4.44. The fourth-order valence-corrected chi connectivity index (χ4v) is 2.01. The first kappa shape index (κ1) is 10.3. The Balaban J connectivity index is 1.86. The average molecular weight is 206 g/mol. The summed E-state index contributed by atoms with van der Waals surface area (Å²) in [4.78, 5) is 16.9. The van der Waals surface area contributed by atoms with Crippen LogP contribution in [0.25, 0.3) is 0 Å². The average Bonchev–Trinajstić information content (AvgIpc) is 2.71. The molecule has 1 aromatic rings. The summed E-state index contributed by atoms with van der Waals surface area (Å²) in [6, 6.07) is 3.89. The van der Waals surface area contributed by atoms with Crippen molar-refractivity contribution in [3.05, 3.63) is 24.0 Å². The van der Waals surface area contributed by atoms with Crippen LogP contribution in [-0.2, 0) is 11.2 Å². The van der Waals surface area contributed by atoms with Crippen molar-refractivity contribution in [2.24, 2.45) is 5.92 Å². The Labute approximate surface area is 90.5 Å².